The summed E-state index contributed by atoms with van der Waals surface area (Å²) in [6.45, 7) is 6.74. The zero-order valence-corrected chi connectivity index (χ0v) is 12.9. The highest BCUT2D eigenvalue weighted by molar-refractivity contribution is 5.92. The number of amides is 1. The standard InChI is InChI=1S/C17H24FNO2/c1-17(2,3)12-6-4-11(5-7-12)16(21)19-13-8-9-15(20)14(18)10-13/h8-12,20H,4-7H2,1-3H3,(H,19,21). The Morgan fingerprint density at radius 2 is 1.86 bits per heavy atom. The van der Waals surface area contributed by atoms with Crippen LogP contribution in [0, 0.1) is 23.1 Å². The van der Waals surface area contributed by atoms with Gasteiger partial charge >= 0.3 is 0 Å². The quantitative estimate of drug-likeness (QED) is 0.798. The number of rotatable bonds is 2. The molecule has 0 aromatic heterocycles. The third kappa shape index (κ3) is 3.96. The molecule has 2 rings (SSSR count). The van der Waals surface area contributed by atoms with E-state index in [1.54, 1.807) is 0 Å². The molecule has 1 aliphatic rings. The van der Waals surface area contributed by atoms with Crippen molar-refractivity contribution in [3.63, 3.8) is 0 Å². The Morgan fingerprint density at radius 3 is 2.38 bits per heavy atom. The fraction of sp³-hybridized carbons (Fsp3) is 0.588. The third-order valence-corrected chi connectivity index (χ3v) is 4.54. The molecule has 0 saturated heterocycles. The summed E-state index contributed by atoms with van der Waals surface area (Å²) in [5, 5.41) is 11.9. The number of benzene rings is 1. The first-order valence-corrected chi connectivity index (χ1v) is 7.57. The lowest BCUT2D eigenvalue weighted by Crippen LogP contribution is -2.31. The Morgan fingerprint density at radius 1 is 1.24 bits per heavy atom. The van der Waals surface area contributed by atoms with Gasteiger partial charge in [-0.25, -0.2) is 4.39 Å². The fourth-order valence-corrected chi connectivity index (χ4v) is 3.05. The number of hydrogen-bond donors (Lipinski definition) is 2. The zero-order valence-electron chi connectivity index (χ0n) is 12.9. The molecule has 1 aromatic carbocycles. The number of nitrogens with one attached hydrogen (secondary N) is 1. The largest absolute Gasteiger partial charge is 0.505 e. The van der Waals surface area contributed by atoms with Crippen LogP contribution in [0.4, 0.5) is 10.1 Å². The lowest BCUT2D eigenvalue weighted by atomic mass is 9.69. The lowest BCUT2D eigenvalue weighted by Gasteiger charge is -2.36. The van der Waals surface area contributed by atoms with Crippen LogP contribution in [-0.4, -0.2) is 11.0 Å². The highest BCUT2D eigenvalue weighted by Gasteiger charge is 2.32. The molecule has 0 aliphatic heterocycles. The Bertz CT molecular complexity index is 514. The second-order valence-corrected chi connectivity index (χ2v) is 7.07. The summed E-state index contributed by atoms with van der Waals surface area (Å²) >= 11 is 0. The van der Waals surface area contributed by atoms with E-state index in [1.165, 1.54) is 12.1 Å². The lowest BCUT2D eigenvalue weighted by molar-refractivity contribution is -0.121. The summed E-state index contributed by atoms with van der Waals surface area (Å²) < 4.78 is 13.3. The van der Waals surface area contributed by atoms with E-state index in [4.69, 9.17) is 5.11 Å². The van der Waals surface area contributed by atoms with Gasteiger partial charge in [0.05, 0.1) is 0 Å². The van der Waals surface area contributed by atoms with E-state index in [9.17, 15) is 9.18 Å². The van der Waals surface area contributed by atoms with E-state index in [2.05, 4.69) is 26.1 Å². The van der Waals surface area contributed by atoms with Crippen molar-refractivity contribution in [1.82, 2.24) is 0 Å². The molecule has 0 spiro atoms. The molecule has 1 aliphatic carbocycles. The van der Waals surface area contributed by atoms with Gasteiger partial charge in [0.25, 0.3) is 0 Å². The molecule has 2 N–H and O–H groups in total. The Hall–Kier alpha value is -1.58. The van der Waals surface area contributed by atoms with Crippen molar-refractivity contribution in [2.45, 2.75) is 46.5 Å². The van der Waals surface area contributed by atoms with Gasteiger partial charge in [-0.3, -0.25) is 4.79 Å². The highest BCUT2D eigenvalue weighted by atomic mass is 19.1. The average Bonchev–Trinajstić information content (AvgIpc) is 2.42. The zero-order chi connectivity index (χ0) is 15.6. The number of aromatic hydroxyl groups is 1. The van der Waals surface area contributed by atoms with Crippen LogP contribution < -0.4 is 5.32 Å². The topological polar surface area (TPSA) is 49.3 Å². The summed E-state index contributed by atoms with van der Waals surface area (Å²) in [4.78, 5) is 12.2. The molecular formula is C17H24FNO2. The fourth-order valence-electron chi connectivity index (χ4n) is 3.05. The van der Waals surface area contributed by atoms with Crippen LogP contribution >= 0.6 is 0 Å². The number of phenolic OH excluding ortho intramolecular Hbond substituents is 1. The molecule has 1 saturated carbocycles. The second kappa shape index (κ2) is 6.04. The van der Waals surface area contributed by atoms with Gasteiger partial charge in [0.1, 0.15) is 0 Å². The minimum Gasteiger partial charge on any atom is -0.505 e. The summed E-state index contributed by atoms with van der Waals surface area (Å²) in [6.07, 6.45) is 3.89. The molecule has 21 heavy (non-hydrogen) atoms. The van der Waals surface area contributed by atoms with Crippen LogP contribution in [0.5, 0.6) is 5.75 Å². The van der Waals surface area contributed by atoms with Gasteiger partial charge in [-0.05, 0) is 49.1 Å². The van der Waals surface area contributed by atoms with Gasteiger partial charge in [-0.15, -0.1) is 0 Å². The van der Waals surface area contributed by atoms with Crippen molar-refractivity contribution in [2.24, 2.45) is 17.3 Å². The highest BCUT2D eigenvalue weighted by Crippen LogP contribution is 2.40. The first-order valence-electron chi connectivity index (χ1n) is 7.57. The van der Waals surface area contributed by atoms with Crippen molar-refractivity contribution in [3.05, 3.63) is 24.0 Å². The molecule has 1 fully saturated rings. The maximum absolute atomic E-state index is 13.3. The molecule has 0 atom stereocenters. The maximum Gasteiger partial charge on any atom is 0.227 e. The predicted octanol–water partition coefficient (Wildman–Crippen LogP) is 4.32. The van der Waals surface area contributed by atoms with Gasteiger partial charge in [-0.2, -0.15) is 0 Å². The summed E-state index contributed by atoms with van der Waals surface area (Å²) in [6, 6.07) is 3.91. The summed E-state index contributed by atoms with van der Waals surface area (Å²) in [5.74, 6) is -0.511. The van der Waals surface area contributed by atoms with Crippen LogP contribution in [0.15, 0.2) is 18.2 Å². The first kappa shape index (κ1) is 15.8. The molecule has 3 nitrogen and oxygen atoms in total. The number of hydrogen-bond acceptors (Lipinski definition) is 2. The SMILES string of the molecule is CC(C)(C)C1CCC(C(=O)Nc2ccc(O)c(F)c2)CC1. The number of phenols is 1. The van der Waals surface area contributed by atoms with E-state index >= 15 is 0 Å². The molecule has 4 heteroatoms. The number of halogens is 1. The summed E-state index contributed by atoms with van der Waals surface area (Å²) in [7, 11) is 0. The van der Waals surface area contributed by atoms with Crippen molar-refractivity contribution >= 4 is 11.6 Å². The number of carbonyl (C=O) groups is 1. The number of anilines is 1. The van der Waals surface area contributed by atoms with Gasteiger partial charge in [0.2, 0.25) is 5.91 Å². The molecule has 1 aromatic rings. The Kier molecular flexibility index (Phi) is 4.55. The minimum atomic E-state index is -0.718. The normalized spacial score (nSPS) is 22.9. The van der Waals surface area contributed by atoms with E-state index in [0.717, 1.165) is 31.7 Å². The molecular weight excluding hydrogens is 269 g/mol. The Labute approximate surface area is 125 Å². The molecule has 0 radical (unpaired) electrons. The predicted molar refractivity (Wildman–Crippen MR) is 81.6 cm³/mol. The van der Waals surface area contributed by atoms with Crippen LogP contribution in [0.25, 0.3) is 0 Å². The van der Waals surface area contributed by atoms with E-state index in [1.807, 2.05) is 0 Å². The average molecular weight is 293 g/mol. The van der Waals surface area contributed by atoms with E-state index in [0.29, 0.717) is 17.0 Å². The molecule has 0 unspecified atom stereocenters. The molecule has 0 heterocycles. The molecule has 116 valence electrons. The minimum absolute atomic E-state index is 0.000430. The Balaban J connectivity index is 1.92. The van der Waals surface area contributed by atoms with Crippen molar-refractivity contribution in [3.8, 4) is 5.75 Å². The maximum atomic E-state index is 13.3. The van der Waals surface area contributed by atoms with E-state index < -0.39 is 11.6 Å². The third-order valence-electron chi connectivity index (χ3n) is 4.54. The van der Waals surface area contributed by atoms with Crippen molar-refractivity contribution in [1.29, 1.82) is 0 Å². The monoisotopic (exact) mass is 293 g/mol. The molecule has 0 bridgehead atoms. The van der Waals surface area contributed by atoms with Crippen LogP contribution in [0.2, 0.25) is 0 Å². The van der Waals surface area contributed by atoms with Crippen LogP contribution in [0.1, 0.15) is 46.5 Å². The first-order chi connectivity index (χ1) is 9.77. The summed E-state index contributed by atoms with van der Waals surface area (Å²) in [5.41, 5.74) is 0.690. The molecule has 1 amide bonds. The van der Waals surface area contributed by atoms with E-state index in [-0.39, 0.29) is 11.8 Å². The van der Waals surface area contributed by atoms with Gasteiger partial charge < -0.3 is 10.4 Å². The van der Waals surface area contributed by atoms with Gasteiger partial charge in [0.15, 0.2) is 11.6 Å². The van der Waals surface area contributed by atoms with Crippen LogP contribution in [-0.2, 0) is 4.79 Å². The van der Waals surface area contributed by atoms with Gasteiger partial charge in [-0.1, -0.05) is 20.8 Å². The van der Waals surface area contributed by atoms with Crippen molar-refractivity contribution < 1.29 is 14.3 Å². The van der Waals surface area contributed by atoms with Crippen molar-refractivity contribution in [2.75, 3.05) is 5.32 Å². The smallest absolute Gasteiger partial charge is 0.227 e. The second-order valence-electron chi connectivity index (χ2n) is 7.07. The van der Waals surface area contributed by atoms with Gasteiger partial charge in [0, 0.05) is 17.7 Å². The van der Waals surface area contributed by atoms with Crippen LogP contribution in [0.3, 0.4) is 0 Å². The number of carbonyl (C=O) groups excluding carboxylic acids is 1.